The highest BCUT2D eigenvalue weighted by Crippen LogP contribution is 2.26. The zero-order chi connectivity index (χ0) is 20.7. The molecule has 1 aromatic carbocycles. The topological polar surface area (TPSA) is 105 Å². The second-order valence-electron chi connectivity index (χ2n) is 7.08. The highest BCUT2D eigenvalue weighted by atomic mass is 32.2. The van der Waals surface area contributed by atoms with Gasteiger partial charge in [-0.3, -0.25) is 9.59 Å². The summed E-state index contributed by atoms with van der Waals surface area (Å²) in [5.41, 5.74) is 1.60. The number of rotatable bonds is 4. The molecule has 1 atom stereocenters. The first kappa shape index (κ1) is 22.2. The lowest BCUT2D eigenvalue weighted by atomic mass is 9.98. The van der Waals surface area contributed by atoms with E-state index in [0.29, 0.717) is 43.8 Å². The molecule has 0 aromatic heterocycles. The first-order valence-electron chi connectivity index (χ1n) is 9.38. The number of hydrogen-bond acceptors (Lipinski definition) is 5. The average Bonchev–Trinajstić information content (AvgIpc) is 2.65. The molecular weight excluding hydrogens is 382 g/mol. The van der Waals surface area contributed by atoms with Crippen LogP contribution in [-0.2, 0) is 19.6 Å². The van der Waals surface area contributed by atoms with Crippen LogP contribution in [0.2, 0.25) is 0 Å². The maximum absolute atomic E-state index is 12.8. The Morgan fingerprint density at radius 1 is 1.29 bits per heavy atom. The van der Waals surface area contributed by atoms with Gasteiger partial charge in [0, 0.05) is 32.0 Å². The van der Waals surface area contributed by atoms with Gasteiger partial charge in [0.05, 0.1) is 19.1 Å². The van der Waals surface area contributed by atoms with Crippen molar-refractivity contribution < 1.29 is 22.7 Å². The quantitative estimate of drug-likeness (QED) is 0.781. The predicted octanol–water partition coefficient (Wildman–Crippen LogP) is 1.51. The average molecular weight is 412 g/mol. The van der Waals surface area contributed by atoms with Gasteiger partial charge in [0.25, 0.3) is 0 Å². The Bertz CT molecular complexity index is 810. The van der Waals surface area contributed by atoms with Crippen molar-refractivity contribution in [1.29, 1.82) is 0 Å². The fraction of sp³-hybridized carbons (Fsp3) is 0.579. The van der Waals surface area contributed by atoms with Crippen LogP contribution in [0.3, 0.4) is 0 Å². The molecule has 0 saturated carbocycles. The molecule has 1 fully saturated rings. The Kier molecular flexibility index (Phi) is 7.82. The molecule has 2 amide bonds. The van der Waals surface area contributed by atoms with E-state index in [9.17, 15) is 18.0 Å². The lowest BCUT2D eigenvalue weighted by Crippen LogP contribution is -2.35. The number of carbonyl (C=O) groups excluding carboxylic acids is 2. The van der Waals surface area contributed by atoms with Crippen molar-refractivity contribution in [3.63, 3.8) is 0 Å². The molecule has 1 unspecified atom stereocenters. The second-order valence-corrected chi connectivity index (χ2v) is 9.07. The molecule has 0 spiro atoms. The van der Waals surface area contributed by atoms with E-state index in [1.807, 2.05) is 19.1 Å². The van der Waals surface area contributed by atoms with Gasteiger partial charge in [-0.1, -0.05) is 6.07 Å². The number of sulfonamides is 1. The molecule has 1 saturated heterocycles. The monoisotopic (exact) mass is 411 g/mol. The number of aryl methyl sites for hydroxylation is 1. The second kappa shape index (κ2) is 9.88. The van der Waals surface area contributed by atoms with Gasteiger partial charge in [-0.05, 0) is 43.9 Å². The van der Waals surface area contributed by atoms with Gasteiger partial charge in [0.15, 0.2) is 0 Å². The van der Waals surface area contributed by atoms with E-state index in [0.717, 1.165) is 11.8 Å². The van der Waals surface area contributed by atoms with Gasteiger partial charge in [-0.15, -0.1) is 0 Å². The molecular formula is C19H29N3O5S. The van der Waals surface area contributed by atoms with Crippen molar-refractivity contribution >= 4 is 27.5 Å². The van der Waals surface area contributed by atoms with Crippen LogP contribution < -0.4 is 15.4 Å². The number of amides is 2. The van der Waals surface area contributed by atoms with Crippen molar-refractivity contribution in [2.75, 3.05) is 38.3 Å². The lowest BCUT2D eigenvalue weighted by Gasteiger charge is -2.20. The largest absolute Gasteiger partial charge is 0.495 e. The van der Waals surface area contributed by atoms with Gasteiger partial charge < -0.3 is 15.4 Å². The molecule has 28 heavy (non-hydrogen) atoms. The summed E-state index contributed by atoms with van der Waals surface area (Å²) in [6, 6.07) is 5.54. The van der Waals surface area contributed by atoms with Crippen LogP contribution in [0.15, 0.2) is 18.2 Å². The van der Waals surface area contributed by atoms with Crippen molar-refractivity contribution in [1.82, 2.24) is 9.62 Å². The highest BCUT2D eigenvalue weighted by Gasteiger charge is 2.23. The van der Waals surface area contributed by atoms with Gasteiger partial charge >= 0.3 is 0 Å². The van der Waals surface area contributed by atoms with E-state index in [1.165, 1.54) is 4.31 Å². The normalized spacial score (nSPS) is 20.0. The van der Waals surface area contributed by atoms with E-state index in [-0.39, 0.29) is 30.7 Å². The number of nitrogens with one attached hydrogen (secondary N) is 2. The molecule has 156 valence electrons. The standard InChI is InChI=1S/C19H29N3O5S/c1-14-6-7-17(27-2)16(13-14)21-19(24)15-5-4-11-22(28(3,25)26)12-9-18(23)20-10-8-15/h6-7,13,15H,4-5,8-12H2,1-3H3,(H,20,23)(H,21,24). The van der Waals surface area contributed by atoms with Crippen LogP contribution in [0.5, 0.6) is 5.75 Å². The predicted molar refractivity (Wildman–Crippen MR) is 108 cm³/mol. The summed E-state index contributed by atoms with van der Waals surface area (Å²) in [5.74, 6) is -0.143. The third kappa shape index (κ3) is 6.49. The Hall–Kier alpha value is -2.13. The van der Waals surface area contributed by atoms with Gasteiger partial charge in [-0.2, -0.15) is 0 Å². The fourth-order valence-corrected chi connectivity index (χ4v) is 4.10. The molecule has 2 N–H and O–H groups in total. The fourth-order valence-electron chi connectivity index (χ4n) is 3.22. The Morgan fingerprint density at radius 2 is 2.04 bits per heavy atom. The van der Waals surface area contributed by atoms with Crippen LogP contribution in [0.25, 0.3) is 0 Å². The molecule has 1 aliphatic rings. The molecule has 9 heteroatoms. The van der Waals surface area contributed by atoms with E-state index >= 15 is 0 Å². The van der Waals surface area contributed by atoms with Crippen molar-refractivity contribution in [3.8, 4) is 5.75 Å². The van der Waals surface area contributed by atoms with Crippen LogP contribution in [-0.4, -0.2) is 57.5 Å². The van der Waals surface area contributed by atoms with Crippen molar-refractivity contribution in [2.24, 2.45) is 5.92 Å². The number of hydrogen-bond donors (Lipinski definition) is 2. The first-order chi connectivity index (χ1) is 13.2. The molecule has 1 aliphatic heterocycles. The smallest absolute Gasteiger partial charge is 0.227 e. The number of nitrogens with zero attached hydrogens (tertiary/aromatic N) is 1. The van der Waals surface area contributed by atoms with Gasteiger partial charge in [0.2, 0.25) is 21.8 Å². The highest BCUT2D eigenvalue weighted by molar-refractivity contribution is 7.88. The molecule has 8 nitrogen and oxygen atoms in total. The number of carbonyl (C=O) groups is 2. The van der Waals surface area contributed by atoms with Gasteiger partial charge in [0.1, 0.15) is 5.75 Å². The first-order valence-corrected chi connectivity index (χ1v) is 11.2. The van der Waals surface area contributed by atoms with Crippen LogP contribution >= 0.6 is 0 Å². The molecule has 0 radical (unpaired) electrons. The summed E-state index contributed by atoms with van der Waals surface area (Å²) in [6.45, 7) is 2.75. The summed E-state index contributed by atoms with van der Waals surface area (Å²) in [7, 11) is -1.85. The molecule has 0 bridgehead atoms. The van der Waals surface area contributed by atoms with Crippen LogP contribution in [0.4, 0.5) is 5.69 Å². The maximum atomic E-state index is 12.8. The number of anilines is 1. The zero-order valence-corrected chi connectivity index (χ0v) is 17.5. The summed E-state index contributed by atoms with van der Waals surface area (Å²) < 4.78 is 30.4. The minimum atomic E-state index is -3.39. The Balaban J connectivity index is 2.11. The summed E-state index contributed by atoms with van der Waals surface area (Å²) in [6.07, 6.45) is 2.82. The Labute approximate surface area is 166 Å². The van der Waals surface area contributed by atoms with Crippen molar-refractivity contribution in [2.45, 2.75) is 32.6 Å². The molecule has 1 heterocycles. The van der Waals surface area contributed by atoms with Crippen LogP contribution in [0.1, 0.15) is 31.2 Å². The van der Waals surface area contributed by atoms with E-state index in [4.69, 9.17) is 4.74 Å². The number of ether oxygens (including phenoxy) is 1. The minimum Gasteiger partial charge on any atom is -0.495 e. The number of benzene rings is 1. The zero-order valence-electron chi connectivity index (χ0n) is 16.7. The lowest BCUT2D eigenvalue weighted by molar-refractivity contribution is -0.122. The van der Waals surface area contributed by atoms with E-state index in [1.54, 1.807) is 13.2 Å². The van der Waals surface area contributed by atoms with Crippen LogP contribution in [0, 0.1) is 12.8 Å². The van der Waals surface area contributed by atoms with E-state index < -0.39 is 10.0 Å². The van der Waals surface area contributed by atoms with Crippen molar-refractivity contribution in [3.05, 3.63) is 23.8 Å². The van der Waals surface area contributed by atoms with Gasteiger partial charge in [-0.25, -0.2) is 12.7 Å². The summed E-state index contributed by atoms with van der Waals surface area (Å²) >= 11 is 0. The molecule has 0 aliphatic carbocycles. The molecule has 1 aromatic rings. The van der Waals surface area contributed by atoms with E-state index in [2.05, 4.69) is 10.6 Å². The summed E-state index contributed by atoms with van der Waals surface area (Å²) in [4.78, 5) is 24.8. The third-order valence-electron chi connectivity index (χ3n) is 4.82. The number of methoxy groups -OCH3 is 1. The maximum Gasteiger partial charge on any atom is 0.227 e. The Morgan fingerprint density at radius 3 is 2.71 bits per heavy atom. The SMILES string of the molecule is COc1ccc(C)cc1NC(=O)C1CCCN(S(C)(=O)=O)CCC(=O)NCC1. The molecule has 2 rings (SSSR count). The third-order valence-corrected chi connectivity index (χ3v) is 6.12. The minimum absolute atomic E-state index is 0.116. The summed E-state index contributed by atoms with van der Waals surface area (Å²) in [5, 5.41) is 5.68.